The number of aromatic nitrogens is 1. The maximum atomic E-state index is 4.66. The van der Waals surface area contributed by atoms with Crippen LogP contribution in [0.5, 0.6) is 0 Å². The summed E-state index contributed by atoms with van der Waals surface area (Å²) in [5, 5.41) is 9.99. The van der Waals surface area contributed by atoms with Crippen molar-refractivity contribution in [2.24, 2.45) is 0 Å². The number of thiophene rings is 1. The van der Waals surface area contributed by atoms with Crippen molar-refractivity contribution in [2.45, 2.75) is 0 Å². The SMILES string of the molecule is c1ccc(-c2ccc(N(c3ccc4c(c3)sc3ncccc34)c3cc4ccccc4c4c3ccc3ccccc34)cc2)cc1. The second kappa shape index (κ2) is 10.0. The second-order valence-corrected chi connectivity index (χ2v) is 12.2. The monoisotopic (exact) mass is 578 g/mol. The van der Waals surface area contributed by atoms with Gasteiger partial charge >= 0.3 is 0 Å². The summed E-state index contributed by atoms with van der Waals surface area (Å²) < 4.78 is 1.23. The molecule has 2 nitrogen and oxygen atoms in total. The maximum Gasteiger partial charge on any atom is 0.124 e. The highest BCUT2D eigenvalue weighted by Crippen LogP contribution is 2.45. The maximum absolute atomic E-state index is 4.66. The first-order valence-corrected chi connectivity index (χ1v) is 15.7. The molecule has 44 heavy (non-hydrogen) atoms. The van der Waals surface area contributed by atoms with Crippen molar-refractivity contribution in [1.29, 1.82) is 0 Å². The van der Waals surface area contributed by atoms with Crippen molar-refractivity contribution < 1.29 is 0 Å². The van der Waals surface area contributed by atoms with Crippen LogP contribution in [0.25, 0.3) is 63.7 Å². The van der Waals surface area contributed by atoms with Gasteiger partial charge in [-0.2, -0.15) is 0 Å². The first kappa shape index (κ1) is 25.0. The first-order chi connectivity index (χ1) is 21.8. The van der Waals surface area contributed by atoms with Crippen LogP contribution < -0.4 is 4.90 Å². The number of benzene rings is 7. The van der Waals surface area contributed by atoms with Gasteiger partial charge in [-0.05, 0) is 80.5 Å². The number of nitrogens with zero attached hydrogens (tertiary/aromatic N) is 2. The quantitative estimate of drug-likeness (QED) is 0.193. The second-order valence-electron chi connectivity index (χ2n) is 11.2. The van der Waals surface area contributed by atoms with Crippen LogP contribution >= 0.6 is 11.3 Å². The van der Waals surface area contributed by atoms with E-state index in [-0.39, 0.29) is 0 Å². The van der Waals surface area contributed by atoms with E-state index < -0.39 is 0 Å². The highest BCUT2D eigenvalue weighted by molar-refractivity contribution is 7.25. The third-order valence-corrected chi connectivity index (χ3v) is 9.77. The zero-order valence-corrected chi connectivity index (χ0v) is 24.6. The summed E-state index contributed by atoms with van der Waals surface area (Å²) in [6.45, 7) is 0. The van der Waals surface area contributed by atoms with Crippen molar-refractivity contribution in [3.63, 3.8) is 0 Å². The lowest BCUT2D eigenvalue weighted by Crippen LogP contribution is -2.10. The molecule has 0 unspecified atom stereocenters. The Kier molecular flexibility index (Phi) is 5.71. The number of anilines is 3. The van der Waals surface area contributed by atoms with Crippen LogP contribution in [0.2, 0.25) is 0 Å². The Morgan fingerprint density at radius 2 is 1.11 bits per heavy atom. The Balaban J connectivity index is 1.34. The molecule has 0 aliphatic carbocycles. The number of rotatable bonds is 4. The van der Waals surface area contributed by atoms with Crippen molar-refractivity contribution in [3.8, 4) is 11.1 Å². The summed E-state index contributed by atoms with van der Waals surface area (Å²) in [5.41, 5.74) is 5.83. The summed E-state index contributed by atoms with van der Waals surface area (Å²) in [5.74, 6) is 0. The summed E-state index contributed by atoms with van der Waals surface area (Å²) in [4.78, 5) is 8.15. The Morgan fingerprint density at radius 3 is 1.95 bits per heavy atom. The minimum Gasteiger partial charge on any atom is -0.310 e. The third kappa shape index (κ3) is 3.98. The van der Waals surface area contributed by atoms with Crippen molar-refractivity contribution in [2.75, 3.05) is 4.90 Å². The third-order valence-electron chi connectivity index (χ3n) is 8.69. The van der Waals surface area contributed by atoms with E-state index in [0.717, 1.165) is 21.9 Å². The molecule has 0 fully saturated rings. The van der Waals surface area contributed by atoms with Gasteiger partial charge in [-0.25, -0.2) is 4.98 Å². The largest absolute Gasteiger partial charge is 0.310 e. The molecule has 0 bridgehead atoms. The average molecular weight is 579 g/mol. The van der Waals surface area contributed by atoms with Gasteiger partial charge in [0.25, 0.3) is 0 Å². The lowest BCUT2D eigenvalue weighted by molar-refractivity contribution is 1.31. The van der Waals surface area contributed by atoms with Gasteiger partial charge in [-0.3, -0.25) is 0 Å². The summed E-state index contributed by atoms with van der Waals surface area (Å²) in [6.07, 6.45) is 1.88. The fourth-order valence-corrected chi connectivity index (χ4v) is 7.71. The standard InChI is InChI=1S/C41H26N2S/c1-2-9-27(10-3-1)28-16-19-31(20-17-28)43(32-21-23-35-36-15-8-24-42-41(36)44-39(35)26-32)38-25-30-12-5-7-14-34(30)40-33-13-6-4-11-29(33)18-22-37(38)40/h1-26H. The van der Waals surface area contributed by atoms with Crippen LogP contribution in [0.1, 0.15) is 0 Å². The molecule has 0 aliphatic heterocycles. The van der Waals surface area contributed by atoms with Gasteiger partial charge in [0.05, 0.1) is 5.69 Å². The van der Waals surface area contributed by atoms with E-state index in [1.54, 1.807) is 11.3 Å². The number of hydrogen-bond acceptors (Lipinski definition) is 3. The minimum atomic E-state index is 1.07. The van der Waals surface area contributed by atoms with E-state index >= 15 is 0 Å². The molecule has 9 aromatic rings. The molecule has 0 saturated heterocycles. The zero-order valence-electron chi connectivity index (χ0n) is 23.8. The number of hydrogen-bond donors (Lipinski definition) is 0. The van der Waals surface area contributed by atoms with Crippen LogP contribution in [0.3, 0.4) is 0 Å². The smallest absolute Gasteiger partial charge is 0.124 e. The van der Waals surface area contributed by atoms with E-state index in [2.05, 4.69) is 155 Å². The van der Waals surface area contributed by atoms with E-state index in [0.29, 0.717) is 0 Å². The molecule has 0 radical (unpaired) electrons. The lowest BCUT2D eigenvalue weighted by Gasteiger charge is -2.28. The van der Waals surface area contributed by atoms with Gasteiger partial charge in [0.15, 0.2) is 0 Å². The number of pyridine rings is 1. The van der Waals surface area contributed by atoms with E-state index in [9.17, 15) is 0 Å². The Labute approximate surface area is 259 Å². The van der Waals surface area contributed by atoms with Crippen molar-refractivity contribution in [3.05, 3.63) is 158 Å². The van der Waals surface area contributed by atoms with Gasteiger partial charge in [0.1, 0.15) is 4.83 Å². The van der Waals surface area contributed by atoms with Crippen LogP contribution in [0, 0.1) is 0 Å². The predicted octanol–water partition coefficient (Wildman–Crippen LogP) is 12.0. The van der Waals surface area contributed by atoms with Crippen molar-refractivity contribution in [1.82, 2.24) is 4.98 Å². The lowest BCUT2D eigenvalue weighted by atomic mass is 9.94. The molecule has 2 heterocycles. The average Bonchev–Trinajstić information content (AvgIpc) is 3.47. The number of fused-ring (bicyclic) bond motifs is 8. The summed E-state index contributed by atoms with van der Waals surface area (Å²) >= 11 is 1.75. The molecule has 2 aromatic heterocycles. The molecule has 0 aliphatic rings. The molecular formula is C41H26N2S. The summed E-state index contributed by atoms with van der Waals surface area (Å²) in [6, 6.07) is 55.0. The molecule has 3 heteroatoms. The molecule has 0 amide bonds. The summed E-state index contributed by atoms with van der Waals surface area (Å²) in [7, 11) is 0. The van der Waals surface area contributed by atoms with Gasteiger partial charge in [0.2, 0.25) is 0 Å². The molecule has 0 atom stereocenters. The van der Waals surface area contributed by atoms with Gasteiger partial charge in [0, 0.05) is 38.4 Å². The normalized spacial score (nSPS) is 11.6. The van der Waals surface area contributed by atoms with E-state index in [1.165, 1.54) is 58.9 Å². The van der Waals surface area contributed by atoms with Gasteiger partial charge in [-0.1, -0.05) is 109 Å². The molecule has 0 spiro atoms. The van der Waals surface area contributed by atoms with Crippen LogP contribution in [-0.4, -0.2) is 4.98 Å². The fraction of sp³-hybridized carbons (Fsp3) is 0. The van der Waals surface area contributed by atoms with Crippen molar-refractivity contribution >= 4 is 81.0 Å². The Hall–Kier alpha value is -5.51. The highest BCUT2D eigenvalue weighted by Gasteiger charge is 2.20. The molecule has 0 N–H and O–H groups in total. The molecule has 206 valence electrons. The fourth-order valence-electron chi connectivity index (χ4n) is 6.63. The minimum absolute atomic E-state index is 1.07. The zero-order chi connectivity index (χ0) is 29.0. The van der Waals surface area contributed by atoms with Gasteiger partial charge < -0.3 is 4.90 Å². The van der Waals surface area contributed by atoms with Crippen LogP contribution in [0.15, 0.2) is 158 Å². The van der Waals surface area contributed by atoms with Crippen LogP contribution in [-0.2, 0) is 0 Å². The topological polar surface area (TPSA) is 16.1 Å². The molecule has 9 rings (SSSR count). The van der Waals surface area contributed by atoms with Crippen LogP contribution in [0.4, 0.5) is 17.1 Å². The molecular weight excluding hydrogens is 553 g/mol. The van der Waals surface area contributed by atoms with E-state index in [1.807, 2.05) is 12.3 Å². The highest BCUT2D eigenvalue weighted by atomic mass is 32.1. The predicted molar refractivity (Wildman–Crippen MR) is 190 cm³/mol. The molecule has 0 saturated carbocycles. The Morgan fingerprint density at radius 1 is 0.455 bits per heavy atom. The Bertz CT molecular complexity index is 2480. The van der Waals surface area contributed by atoms with Gasteiger partial charge in [-0.15, -0.1) is 11.3 Å². The van der Waals surface area contributed by atoms with E-state index in [4.69, 9.17) is 0 Å². The first-order valence-electron chi connectivity index (χ1n) is 14.9. The molecule has 7 aromatic carbocycles.